The van der Waals surface area contributed by atoms with Gasteiger partial charge in [-0.2, -0.15) is 0 Å². The molecule has 0 amide bonds. The summed E-state index contributed by atoms with van der Waals surface area (Å²) < 4.78 is 17.1. The first-order valence-electron chi connectivity index (χ1n) is 18.6. The molecule has 0 aromatic heterocycles. The lowest BCUT2D eigenvalue weighted by atomic mass is 10.0. The molecule has 0 radical (unpaired) electrons. The summed E-state index contributed by atoms with van der Waals surface area (Å²) in [6, 6.07) is 0. The van der Waals surface area contributed by atoms with Crippen LogP contribution in [0.4, 0.5) is 0 Å². The molecule has 0 saturated heterocycles. The van der Waals surface area contributed by atoms with E-state index in [4.69, 9.17) is 14.2 Å². The highest BCUT2D eigenvalue weighted by atomic mass is 16.5. The molecule has 0 aliphatic carbocycles. The molecule has 0 spiro atoms. The Morgan fingerprint density at radius 1 is 0.200 bits per heavy atom. The van der Waals surface area contributed by atoms with Gasteiger partial charge in [-0.05, 0) is 12.8 Å². The van der Waals surface area contributed by atoms with E-state index in [-0.39, 0.29) is 0 Å². The van der Waals surface area contributed by atoms with Gasteiger partial charge in [-0.15, -0.1) is 0 Å². The second-order valence-electron chi connectivity index (χ2n) is 12.4. The Morgan fingerprint density at radius 3 is 0.600 bits per heavy atom. The van der Waals surface area contributed by atoms with Crippen molar-refractivity contribution < 1.29 is 14.2 Å². The number of hydrogen-bond donors (Lipinski definition) is 0. The highest BCUT2D eigenvalue weighted by molar-refractivity contribution is 4.51. The van der Waals surface area contributed by atoms with Crippen molar-refractivity contribution >= 4 is 0 Å². The van der Waals surface area contributed by atoms with E-state index in [2.05, 4.69) is 13.8 Å². The van der Waals surface area contributed by atoms with E-state index >= 15 is 0 Å². The molecule has 0 heterocycles. The third-order valence-corrected chi connectivity index (χ3v) is 8.28. The van der Waals surface area contributed by atoms with E-state index in [1.54, 1.807) is 0 Å². The average Bonchev–Trinajstić information content (AvgIpc) is 2.97. The fraction of sp³-hybridized carbons (Fsp3) is 1.00. The van der Waals surface area contributed by atoms with E-state index in [1.807, 2.05) is 0 Å². The van der Waals surface area contributed by atoms with Crippen LogP contribution in [0.15, 0.2) is 0 Å². The molecule has 0 aliphatic rings. The third-order valence-electron chi connectivity index (χ3n) is 8.28. The molecule has 3 nitrogen and oxygen atoms in total. The van der Waals surface area contributed by atoms with Crippen molar-refractivity contribution in [2.75, 3.05) is 39.6 Å². The Morgan fingerprint density at radius 2 is 0.375 bits per heavy atom. The molecule has 0 bridgehead atoms. The fourth-order valence-corrected chi connectivity index (χ4v) is 5.52. The van der Waals surface area contributed by atoms with Crippen LogP contribution in [0.3, 0.4) is 0 Å². The molecule has 0 saturated carbocycles. The second kappa shape index (κ2) is 38.9. The molecule has 3 heteroatoms. The molecule has 40 heavy (non-hydrogen) atoms. The molecule has 0 rings (SSSR count). The van der Waals surface area contributed by atoms with E-state index in [0.717, 1.165) is 26.4 Å². The van der Waals surface area contributed by atoms with Crippen LogP contribution in [0, 0.1) is 0 Å². The lowest BCUT2D eigenvalue weighted by Gasteiger charge is -2.07. The monoisotopic (exact) mass is 569 g/mol. The summed E-state index contributed by atoms with van der Waals surface area (Å²) in [4.78, 5) is 0. The fourth-order valence-electron chi connectivity index (χ4n) is 5.52. The summed E-state index contributed by atoms with van der Waals surface area (Å²) >= 11 is 0. The summed E-state index contributed by atoms with van der Waals surface area (Å²) in [6.45, 7) is 9.19. The van der Waals surface area contributed by atoms with Gasteiger partial charge < -0.3 is 14.2 Å². The maximum Gasteiger partial charge on any atom is 0.0701 e. The molecule has 0 fully saturated rings. The normalized spacial score (nSPS) is 11.6. The SMILES string of the molecule is CCCCCCCCCCCCCCCCCOCCOCCOCCCCCCCCCCCCCCCC. The molecule has 242 valence electrons. The number of rotatable bonds is 37. The predicted molar refractivity (Wildman–Crippen MR) is 178 cm³/mol. The summed E-state index contributed by atoms with van der Waals surface area (Å²) in [5, 5.41) is 0. The van der Waals surface area contributed by atoms with Gasteiger partial charge in [-0.25, -0.2) is 0 Å². The maximum absolute atomic E-state index is 5.72. The van der Waals surface area contributed by atoms with Crippen LogP contribution in [-0.2, 0) is 14.2 Å². The largest absolute Gasteiger partial charge is 0.379 e. The van der Waals surface area contributed by atoms with Crippen molar-refractivity contribution in [2.45, 2.75) is 200 Å². The van der Waals surface area contributed by atoms with Gasteiger partial charge in [0.05, 0.1) is 26.4 Å². The lowest BCUT2D eigenvalue weighted by Crippen LogP contribution is -2.10. The molecule has 0 unspecified atom stereocenters. The zero-order valence-electron chi connectivity index (χ0n) is 28.0. The van der Waals surface area contributed by atoms with E-state index in [0.29, 0.717) is 13.2 Å². The van der Waals surface area contributed by atoms with Gasteiger partial charge in [-0.1, -0.05) is 187 Å². The van der Waals surface area contributed by atoms with E-state index in [9.17, 15) is 0 Å². The first-order valence-corrected chi connectivity index (χ1v) is 18.6. The summed E-state index contributed by atoms with van der Waals surface area (Å²) in [7, 11) is 0. The summed E-state index contributed by atoms with van der Waals surface area (Å²) in [5.41, 5.74) is 0. The van der Waals surface area contributed by atoms with Crippen LogP contribution in [-0.4, -0.2) is 39.6 Å². The van der Waals surface area contributed by atoms with Gasteiger partial charge in [0.25, 0.3) is 0 Å². The van der Waals surface area contributed by atoms with E-state index in [1.165, 1.54) is 186 Å². The highest BCUT2D eigenvalue weighted by Crippen LogP contribution is 2.14. The molecule has 0 aromatic carbocycles. The van der Waals surface area contributed by atoms with Gasteiger partial charge in [0.2, 0.25) is 0 Å². The molecule has 0 N–H and O–H groups in total. The molecular weight excluding hydrogens is 492 g/mol. The summed E-state index contributed by atoms with van der Waals surface area (Å²) in [5.74, 6) is 0. The molecule has 0 aliphatic heterocycles. The third kappa shape index (κ3) is 37.9. The Labute approximate surface area is 253 Å². The van der Waals surface area contributed by atoms with Crippen LogP contribution in [0.25, 0.3) is 0 Å². The van der Waals surface area contributed by atoms with Crippen molar-refractivity contribution in [1.29, 1.82) is 0 Å². The Bertz CT molecular complexity index is 376. The lowest BCUT2D eigenvalue weighted by molar-refractivity contribution is 0.0132. The molecule has 0 aromatic rings. The predicted octanol–water partition coefficient (Wildman–Crippen LogP) is 12.4. The minimum Gasteiger partial charge on any atom is -0.379 e. The molecule has 0 atom stereocenters. The average molecular weight is 569 g/mol. The first kappa shape index (κ1) is 39.9. The van der Waals surface area contributed by atoms with Crippen LogP contribution in [0.2, 0.25) is 0 Å². The smallest absolute Gasteiger partial charge is 0.0701 e. The number of ether oxygens (including phenoxy) is 3. The van der Waals surface area contributed by atoms with Gasteiger partial charge >= 0.3 is 0 Å². The van der Waals surface area contributed by atoms with Crippen LogP contribution < -0.4 is 0 Å². The minimum absolute atomic E-state index is 0.695. The van der Waals surface area contributed by atoms with Crippen molar-refractivity contribution in [3.8, 4) is 0 Å². The topological polar surface area (TPSA) is 27.7 Å². The second-order valence-corrected chi connectivity index (χ2v) is 12.4. The van der Waals surface area contributed by atoms with Crippen LogP contribution >= 0.6 is 0 Å². The van der Waals surface area contributed by atoms with Crippen LogP contribution in [0.5, 0.6) is 0 Å². The van der Waals surface area contributed by atoms with Crippen LogP contribution in [0.1, 0.15) is 200 Å². The van der Waals surface area contributed by atoms with Gasteiger partial charge in [0.1, 0.15) is 0 Å². The van der Waals surface area contributed by atoms with Crippen molar-refractivity contribution in [3.05, 3.63) is 0 Å². The Kier molecular flexibility index (Phi) is 38.8. The number of hydrogen-bond acceptors (Lipinski definition) is 3. The first-order chi connectivity index (χ1) is 19.9. The maximum atomic E-state index is 5.72. The Balaban J connectivity index is 3.01. The van der Waals surface area contributed by atoms with Crippen molar-refractivity contribution in [1.82, 2.24) is 0 Å². The van der Waals surface area contributed by atoms with Crippen molar-refractivity contribution in [3.63, 3.8) is 0 Å². The zero-order chi connectivity index (χ0) is 28.9. The van der Waals surface area contributed by atoms with Gasteiger partial charge in [0, 0.05) is 13.2 Å². The van der Waals surface area contributed by atoms with Gasteiger partial charge in [-0.3, -0.25) is 0 Å². The summed E-state index contributed by atoms with van der Waals surface area (Å²) in [6.07, 6.45) is 40.7. The highest BCUT2D eigenvalue weighted by Gasteiger charge is 1.97. The van der Waals surface area contributed by atoms with E-state index < -0.39 is 0 Å². The zero-order valence-corrected chi connectivity index (χ0v) is 28.0. The number of unbranched alkanes of at least 4 members (excludes halogenated alkanes) is 27. The standard InChI is InChI=1S/C37H76O3/c1-3-5-7-9-11-13-15-17-19-21-23-25-27-29-31-33-39-35-37-40-36-34-38-32-30-28-26-24-22-20-18-16-14-12-10-8-6-4-2/h3-37H2,1-2H3. The van der Waals surface area contributed by atoms with Crippen molar-refractivity contribution in [2.24, 2.45) is 0 Å². The Hall–Kier alpha value is -0.120. The quantitative estimate of drug-likeness (QED) is 0.0697. The van der Waals surface area contributed by atoms with Gasteiger partial charge in [0.15, 0.2) is 0 Å². The minimum atomic E-state index is 0.695. The molecular formula is C37H76O3.